The Balaban J connectivity index is 2.33. The first-order valence-electron chi connectivity index (χ1n) is 5.78. The van der Waals surface area contributed by atoms with Crippen molar-refractivity contribution in [3.8, 4) is 0 Å². The van der Waals surface area contributed by atoms with E-state index in [1.807, 2.05) is 6.07 Å². The summed E-state index contributed by atoms with van der Waals surface area (Å²) in [6.45, 7) is 4.34. The molecule has 0 saturated heterocycles. The van der Waals surface area contributed by atoms with Crippen molar-refractivity contribution in [2.75, 3.05) is 0 Å². The molecule has 0 radical (unpaired) electrons. The van der Waals surface area contributed by atoms with E-state index in [9.17, 15) is 0 Å². The fourth-order valence-corrected chi connectivity index (χ4v) is 1.79. The third-order valence-corrected chi connectivity index (χ3v) is 2.48. The molecule has 2 heteroatoms. The minimum atomic E-state index is 0.133. The summed E-state index contributed by atoms with van der Waals surface area (Å²) < 4.78 is 0. The third-order valence-electron chi connectivity index (χ3n) is 2.48. The van der Waals surface area contributed by atoms with E-state index in [1.54, 1.807) is 0 Å². The first kappa shape index (κ1) is 12.2. The van der Waals surface area contributed by atoms with Gasteiger partial charge in [-0.25, -0.2) is 0 Å². The van der Waals surface area contributed by atoms with Gasteiger partial charge < -0.3 is 5.73 Å². The van der Waals surface area contributed by atoms with Gasteiger partial charge in [0.15, 0.2) is 0 Å². The van der Waals surface area contributed by atoms with Crippen molar-refractivity contribution in [3.05, 3.63) is 35.9 Å². The topological polar surface area (TPSA) is 38.0 Å². The lowest BCUT2D eigenvalue weighted by Gasteiger charge is -2.19. The fraction of sp³-hybridized carbons (Fsp3) is 0.538. The van der Waals surface area contributed by atoms with Crippen LogP contribution in [0, 0.1) is 0 Å². The molecule has 1 unspecified atom stereocenters. The van der Waals surface area contributed by atoms with Crippen LogP contribution in [0.2, 0.25) is 0 Å². The highest BCUT2D eigenvalue weighted by atomic mass is 15.0. The Kier molecular flexibility index (Phi) is 5.37. The molecular formula is C13H22N2. The van der Waals surface area contributed by atoms with Crippen LogP contribution in [0.3, 0.4) is 0 Å². The van der Waals surface area contributed by atoms with E-state index in [1.165, 1.54) is 5.56 Å². The molecule has 15 heavy (non-hydrogen) atoms. The summed E-state index contributed by atoms with van der Waals surface area (Å²) >= 11 is 0. The zero-order valence-electron chi connectivity index (χ0n) is 9.74. The highest BCUT2D eigenvalue weighted by Gasteiger charge is 2.06. The Morgan fingerprint density at radius 1 is 1.27 bits per heavy atom. The minimum absolute atomic E-state index is 0.133. The average molecular weight is 206 g/mol. The second-order valence-corrected chi connectivity index (χ2v) is 4.15. The van der Waals surface area contributed by atoms with Crippen molar-refractivity contribution in [3.63, 3.8) is 0 Å². The molecule has 2 atom stereocenters. The van der Waals surface area contributed by atoms with Crippen LogP contribution < -0.4 is 11.1 Å². The van der Waals surface area contributed by atoms with Gasteiger partial charge in [-0.3, -0.25) is 5.32 Å². The smallest absolute Gasteiger partial charge is 0.0548 e. The molecule has 3 N–H and O–H groups in total. The molecule has 0 aliphatic heterocycles. The van der Waals surface area contributed by atoms with Crippen LogP contribution in [0.4, 0.5) is 0 Å². The van der Waals surface area contributed by atoms with E-state index in [2.05, 4.69) is 43.4 Å². The summed E-state index contributed by atoms with van der Waals surface area (Å²) in [7, 11) is 0. The molecular weight excluding hydrogens is 184 g/mol. The van der Waals surface area contributed by atoms with Crippen LogP contribution >= 0.6 is 0 Å². The minimum Gasteiger partial charge on any atom is -0.316 e. The highest BCUT2D eigenvalue weighted by Crippen LogP contribution is 2.03. The predicted octanol–water partition coefficient (Wildman–Crippen LogP) is 2.29. The number of benzene rings is 1. The first-order valence-corrected chi connectivity index (χ1v) is 5.78. The molecule has 0 fully saturated rings. The zero-order chi connectivity index (χ0) is 11.1. The highest BCUT2D eigenvalue weighted by molar-refractivity contribution is 5.15. The van der Waals surface area contributed by atoms with E-state index in [0.717, 1.165) is 19.3 Å². The molecule has 1 aromatic rings. The lowest BCUT2D eigenvalue weighted by Crippen LogP contribution is -2.43. The van der Waals surface area contributed by atoms with Crippen molar-refractivity contribution in [1.82, 2.24) is 5.32 Å². The van der Waals surface area contributed by atoms with Gasteiger partial charge in [-0.1, -0.05) is 43.7 Å². The monoisotopic (exact) mass is 206 g/mol. The SMILES string of the molecule is CCCC(N)N[C@H](C)Cc1ccccc1. The second kappa shape index (κ2) is 6.59. The maximum Gasteiger partial charge on any atom is 0.0548 e. The van der Waals surface area contributed by atoms with Gasteiger partial charge >= 0.3 is 0 Å². The van der Waals surface area contributed by atoms with Crippen molar-refractivity contribution in [1.29, 1.82) is 0 Å². The molecule has 2 nitrogen and oxygen atoms in total. The van der Waals surface area contributed by atoms with Gasteiger partial charge in [0.2, 0.25) is 0 Å². The molecule has 1 aromatic carbocycles. The van der Waals surface area contributed by atoms with Gasteiger partial charge in [0.1, 0.15) is 0 Å². The van der Waals surface area contributed by atoms with E-state index < -0.39 is 0 Å². The Morgan fingerprint density at radius 3 is 2.53 bits per heavy atom. The Morgan fingerprint density at radius 2 is 1.93 bits per heavy atom. The van der Waals surface area contributed by atoms with Crippen molar-refractivity contribution >= 4 is 0 Å². The number of nitrogens with one attached hydrogen (secondary N) is 1. The van der Waals surface area contributed by atoms with Gasteiger partial charge in [-0.05, 0) is 25.3 Å². The normalized spacial score (nSPS) is 14.9. The molecule has 0 heterocycles. The van der Waals surface area contributed by atoms with E-state index >= 15 is 0 Å². The van der Waals surface area contributed by atoms with Crippen molar-refractivity contribution in [2.45, 2.75) is 45.3 Å². The third kappa shape index (κ3) is 4.96. The van der Waals surface area contributed by atoms with Crippen LogP contribution in [0.1, 0.15) is 32.3 Å². The van der Waals surface area contributed by atoms with Gasteiger partial charge in [0, 0.05) is 6.04 Å². The van der Waals surface area contributed by atoms with Gasteiger partial charge in [0.25, 0.3) is 0 Å². The number of hydrogen-bond donors (Lipinski definition) is 2. The van der Waals surface area contributed by atoms with Gasteiger partial charge in [-0.2, -0.15) is 0 Å². The molecule has 1 rings (SSSR count). The lowest BCUT2D eigenvalue weighted by molar-refractivity contribution is 0.427. The van der Waals surface area contributed by atoms with E-state index in [4.69, 9.17) is 5.73 Å². The van der Waals surface area contributed by atoms with Gasteiger partial charge in [0.05, 0.1) is 6.17 Å². The Labute approximate surface area is 92.9 Å². The molecule has 84 valence electrons. The molecule has 0 aliphatic rings. The maximum absolute atomic E-state index is 5.93. The van der Waals surface area contributed by atoms with Crippen molar-refractivity contribution < 1.29 is 0 Å². The molecule has 0 saturated carbocycles. The van der Waals surface area contributed by atoms with Crippen molar-refractivity contribution in [2.24, 2.45) is 5.73 Å². The summed E-state index contributed by atoms with van der Waals surface area (Å²) in [6.07, 6.45) is 3.34. The Hall–Kier alpha value is -0.860. The standard InChI is InChI=1S/C13H22N2/c1-3-7-13(14)15-11(2)10-12-8-5-4-6-9-12/h4-6,8-9,11,13,15H,3,7,10,14H2,1-2H3/t11-,13?/m1/s1. The number of hydrogen-bond acceptors (Lipinski definition) is 2. The van der Waals surface area contributed by atoms with Gasteiger partial charge in [-0.15, -0.1) is 0 Å². The number of rotatable bonds is 6. The van der Waals surface area contributed by atoms with Crippen LogP contribution in [0.25, 0.3) is 0 Å². The average Bonchev–Trinajstić information content (AvgIpc) is 2.19. The fourth-order valence-electron chi connectivity index (χ4n) is 1.79. The molecule has 0 bridgehead atoms. The second-order valence-electron chi connectivity index (χ2n) is 4.15. The van der Waals surface area contributed by atoms with Crippen LogP contribution in [0.5, 0.6) is 0 Å². The van der Waals surface area contributed by atoms with Crippen LogP contribution in [-0.4, -0.2) is 12.2 Å². The largest absolute Gasteiger partial charge is 0.316 e. The molecule has 0 spiro atoms. The van der Waals surface area contributed by atoms with E-state index in [0.29, 0.717) is 6.04 Å². The van der Waals surface area contributed by atoms with Crippen LogP contribution in [-0.2, 0) is 6.42 Å². The lowest BCUT2D eigenvalue weighted by atomic mass is 10.1. The summed E-state index contributed by atoms with van der Waals surface area (Å²) in [6, 6.07) is 11.0. The predicted molar refractivity (Wildman–Crippen MR) is 65.6 cm³/mol. The summed E-state index contributed by atoms with van der Waals surface area (Å²) in [5, 5.41) is 3.41. The molecule has 0 amide bonds. The molecule has 0 aromatic heterocycles. The summed E-state index contributed by atoms with van der Waals surface area (Å²) in [5.41, 5.74) is 7.29. The number of nitrogens with two attached hydrogens (primary N) is 1. The summed E-state index contributed by atoms with van der Waals surface area (Å²) in [4.78, 5) is 0. The molecule has 0 aliphatic carbocycles. The van der Waals surface area contributed by atoms with Crippen LogP contribution in [0.15, 0.2) is 30.3 Å². The maximum atomic E-state index is 5.93. The van der Waals surface area contributed by atoms with E-state index in [-0.39, 0.29) is 6.17 Å². The summed E-state index contributed by atoms with van der Waals surface area (Å²) in [5.74, 6) is 0. The quantitative estimate of drug-likeness (QED) is 0.701. The Bertz CT molecular complexity index is 258. The zero-order valence-corrected chi connectivity index (χ0v) is 9.74. The first-order chi connectivity index (χ1) is 7.22.